The molecule has 0 bridgehead atoms. The first-order valence-corrected chi connectivity index (χ1v) is 10.6. The van der Waals surface area contributed by atoms with Crippen LogP contribution in [0.25, 0.3) is 0 Å². The Kier molecular flexibility index (Phi) is 9.20. The minimum absolute atomic E-state index is 0.0586. The Hall–Kier alpha value is -1.83. The fourth-order valence-electron chi connectivity index (χ4n) is 3.33. The van der Waals surface area contributed by atoms with Crippen LogP contribution < -0.4 is 10.6 Å². The molecule has 0 saturated carbocycles. The first kappa shape index (κ1) is 23.4. The van der Waals surface area contributed by atoms with E-state index in [4.69, 9.17) is 23.2 Å². The largest absolute Gasteiger partial charge is 0.352 e. The quantitative estimate of drug-likeness (QED) is 0.648. The Morgan fingerprint density at radius 3 is 2.38 bits per heavy atom. The van der Waals surface area contributed by atoms with Gasteiger partial charge in [-0.15, -0.1) is 0 Å². The smallest absolute Gasteiger partial charge is 0.238 e. The highest BCUT2D eigenvalue weighted by atomic mass is 35.5. The highest BCUT2D eigenvalue weighted by Gasteiger charge is 2.23. The molecular formula is C20H28Cl2N4O3. The van der Waals surface area contributed by atoms with Gasteiger partial charge in [0.25, 0.3) is 0 Å². The second-order valence-corrected chi connectivity index (χ2v) is 8.07. The van der Waals surface area contributed by atoms with E-state index in [9.17, 15) is 14.4 Å². The number of nitrogens with one attached hydrogen (secondary N) is 2. The molecule has 2 rings (SSSR count). The molecule has 29 heavy (non-hydrogen) atoms. The Morgan fingerprint density at radius 1 is 1.14 bits per heavy atom. The van der Waals surface area contributed by atoms with E-state index in [-0.39, 0.29) is 36.9 Å². The van der Waals surface area contributed by atoms with Crippen molar-refractivity contribution >= 4 is 46.6 Å². The van der Waals surface area contributed by atoms with Gasteiger partial charge in [-0.2, -0.15) is 0 Å². The summed E-state index contributed by atoms with van der Waals surface area (Å²) in [5, 5.41) is 6.63. The zero-order chi connectivity index (χ0) is 21.4. The Morgan fingerprint density at radius 2 is 1.79 bits per heavy atom. The summed E-state index contributed by atoms with van der Waals surface area (Å²) in [6.45, 7) is 5.72. The van der Waals surface area contributed by atoms with Crippen LogP contribution in [0.15, 0.2) is 18.2 Å². The lowest BCUT2D eigenvalue weighted by Gasteiger charge is -2.32. The normalized spacial score (nSPS) is 14.7. The molecule has 1 aromatic rings. The summed E-state index contributed by atoms with van der Waals surface area (Å²) >= 11 is 12.0. The highest BCUT2D eigenvalue weighted by Crippen LogP contribution is 2.25. The Balaban J connectivity index is 1.83. The van der Waals surface area contributed by atoms with Crippen molar-refractivity contribution in [3.63, 3.8) is 0 Å². The van der Waals surface area contributed by atoms with Gasteiger partial charge in [0.15, 0.2) is 0 Å². The molecule has 2 N–H and O–H groups in total. The van der Waals surface area contributed by atoms with Gasteiger partial charge in [0.1, 0.15) is 0 Å². The van der Waals surface area contributed by atoms with Gasteiger partial charge in [-0.3, -0.25) is 19.3 Å². The number of amides is 3. The molecular weight excluding hydrogens is 415 g/mol. The molecule has 7 nitrogen and oxygen atoms in total. The average molecular weight is 443 g/mol. The third kappa shape index (κ3) is 7.84. The highest BCUT2D eigenvalue weighted by molar-refractivity contribution is 6.36. The fraction of sp³-hybridized carbons (Fsp3) is 0.550. The molecule has 0 aliphatic carbocycles. The molecule has 0 aromatic heterocycles. The number of carbonyl (C=O) groups is 3. The molecule has 9 heteroatoms. The van der Waals surface area contributed by atoms with Crippen LogP contribution in [0.2, 0.25) is 10.0 Å². The first-order valence-electron chi connectivity index (χ1n) is 9.80. The summed E-state index contributed by atoms with van der Waals surface area (Å²) in [7, 11) is 0. The van der Waals surface area contributed by atoms with Crippen molar-refractivity contribution in [2.24, 2.45) is 0 Å². The van der Waals surface area contributed by atoms with Crippen molar-refractivity contribution < 1.29 is 14.4 Å². The molecule has 0 unspecified atom stereocenters. The van der Waals surface area contributed by atoms with E-state index < -0.39 is 0 Å². The third-order valence-corrected chi connectivity index (χ3v) is 5.33. The van der Waals surface area contributed by atoms with Crippen LogP contribution in [-0.2, 0) is 14.4 Å². The molecule has 0 atom stereocenters. The number of halogens is 2. The predicted molar refractivity (Wildman–Crippen MR) is 115 cm³/mol. The summed E-state index contributed by atoms with van der Waals surface area (Å²) in [6, 6.07) is 4.92. The van der Waals surface area contributed by atoms with E-state index in [0.29, 0.717) is 35.4 Å². The van der Waals surface area contributed by atoms with Crippen LogP contribution in [0.4, 0.5) is 5.69 Å². The number of nitrogens with zero attached hydrogens (tertiary/aromatic N) is 2. The molecule has 160 valence electrons. The maximum atomic E-state index is 12.4. The molecule has 1 aliphatic heterocycles. The second kappa shape index (κ2) is 11.4. The molecule has 1 aliphatic rings. The fourth-order valence-corrected chi connectivity index (χ4v) is 3.78. The number of benzene rings is 1. The Labute approximate surface area is 181 Å². The lowest BCUT2D eigenvalue weighted by atomic mass is 10.1. The topological polar surface area (TPSA) is 81.8 Å². The predicted octanol–water partition coefficient (Wildman–Crippen LogP) is 2.77. The van der Waals surface area contributed by atoms with E-state index in [0.717, 1.165) is 19.3 Å². The van der Waals surface area contributed by atoms with Gasteiger partial charge < -0.3 is 15.5 Å². The summed E-state index contributed by atoms with van der Waals surface area (Å²) < 4.78 is 0. The number of likely N-dealkylation sites (tertiary alicyclic amines) is 1. The van der Waals surface area contributed by atoms with Gasteiger partial charge in [-0.05, 0) is 44.0 Å². The van der Waals surface area contributed by atoms with Crippen LogP contribution in [-0.4, -0.2) is 66.3 Å². The molecule has 3 amide bonds. The van der Waals surface area contributed by atoms with E-state index in [1.807, 2.05) is 6.92 Å². The van der Waals surface area contributed by atoms with Gasteiger partial charge in [0.2, 0.25) is 17.7 Å². The van der Waals surface area contributed by atoms with E-state index in [2.05, 4.69) is 10.6 Å². The van der Waals surface area contributed by atoms with Gasteiger partial charge in [-0.25, -0.2) is 0 Å². The van der Waals surface area contributed by atoms with E-state index in [1.54, 1.807) is 34.9 Å². The van der Waals surface area contributed by atoms with Crippen molar-refractivity contribution in [3.05, 3.63) is 28.2 Å². The number of rotatable bonds is 8. The van der Waals surface area contributed by atoms with Gasteiger partial charge >= 0.3 is 0 Å². The first-order chi connectivity index (χ1) is 13.8. The van der Waals surface area contributed by atoms with Crippen LogP contribution in [0, 0.1) is 0 Å². The summed E-state index contributed by atoms with van der Waals surface area (Å²) in [4.78, 5) is 39.8. The van der Waals surface area contributed by atoms with Crippen molar-refractivity contribution in [1.29, 1.82) is 0 Å². The maximum Gasteiger partial charge on any atom is 0.238 e. The second-order valence-electron chi connectivity index (χ2n) is 7.23. The zero-order valence-electron chi connectivity index (χ0n) is 16.8. The third-order valence-electron chi connectivity index (χ3n) is 4.78. The van der Waals surface area contributed by atoms with Crippen molar-refractivity contribution in [2.45, 2.75) is 39.2 Å². The number of anilines is 1. The van der Waals surface area contributed by atoms with Crippen LogP contribution in [0.1, 0.15) is 33.1 Å². The molecule has 1 saturated heterocycles. The number of carbonyl (C=O) groups excluding carboxylic acids is 3. The lowest BCUT2D eigenvalue weighted by molar-refractivity contribution is -0.130. The minimum Gasteiger partial charge on any atom is -0.352 e. The van der Waals surface area contributed by atoms with E-state index >= 15 is 0 Å². The molecule has 0 spiro atoms. The van der Waals surface area contributed by atoms with Crippen LogP contribution in [0.5, 0.6) is 0 Å². The van der Waals surface area contributed by atoms with Gasteiger partial charge in [0, 0.05) is 31.1 Å². The standard InChI is InChI=1S/C20H28Cl2N4O3/c1-3-8-25(13-20(29)24-18-5-4-15(21)11-17(18)22)12-19(28)23-16-6-9-26(10-7-16)14(2)27/h4-5,11,16H,3,6-10,12-13H2,1-2H3,(H,23,28)(H,24,29). The molecule has 1 aromatic carbocycles. The summed E-state index contributed by atoms with van der Waals surface area (Å²) in [5.41, 5.74) is 0.485. The number of hydrogen-bond donors (Lipinski definition) is 2. The maximum absolute atomic E-state index is 12.4. The zero-order valence-corrected chi connectivity index (χ0v) is 18.4. The van der Waals surface area contributed by atoms with Crippen LogP contribution >= 0.6 is 23.2 Å². The average Bonchev–Trinajstić information content (AvgIpc) is 2.64. The number of piperidine rings is 1. The molecule has 1 fully saturated rings. The SMILES string of the molecule is CCCN(CC(=O)Nc1ccc(Cl)cc1Cl)CC(=O)NC1CCN(C(C)=O)CC1. The van der Waals surface area contributed by atoms with Crippen molar-refractivity contribution in [3.8, 4) is 0 Å². The Bertz CT molecular complexity index is 736. The summed E-state index contributed by atoms with van der Waals surface area (Å²) in [6.07, 6.45) is 2.31. The van der Waals surface area contributed by atoms with Crippen LogP contribution in [0.3, 0.4) is 0 Å². The van der Waals surface area contributed by atoms with Crippen molar-refractivity contribution in [2.75, 3.05) is 38.0 Å². The molecule has 1 heterocycles. The molecule has 0 radical (unpaired) electrons. The monoisotopic (exact) mass is 442 g/mol. The minimum atomic E-state index is -0.245. The van der Waals surface area contributed by atoms with Crippen molar-refractivity contribution in [1.82, 2.24) is 15.1 Å². The van der Waals surface area contributed by atoms with Gasteiger partial charge in [-0.1, -0.05) is 30.1 Å². The number of hydrogen-bond acceptors (Lipinski definition) is 4. The summed E-state index contributed by atoms with van der Waals surface area (Å²) in [5.74, 6) is -0.294. The van der Waals surface area contributed by atoms with E-state index in [1.165, 1.54) is 0 Å². The van der Waals surface area contributed by atoms with Gasteiger partial charge in [0.05, 0.1) is 23.8 Å². The lowest BCUT2D eigenvalue weighted by Crippen LogP contribution is -2.49.